The van der Waals surface area contributed by atoms with Crippen LogP contribution in [-0.2, 0) is 10.0 Å². The number of nitrogens with two attached hydrogens (primary N) is 1. The molecule has 0 aliphatic carbocycles. The number of nitrogens with one attached hydrogen (secondary N) is 1. The van der Waals surface area contributed by atoms with Gasteiger partial charge in [0.25, 0.3) is 10.0 Å². The number of anilines is 2. The topological polar surface area (TPSA) is 72.2 Å². The van der Waals surface area contributed by atoms with Crippen LogP contribution in [-0.4, -0.2) is 8.42 Å². The van der Waals surface area contributed by atoms with Crippen molar-refractivity contribution in [3.63, 3.8) is 0 Å². The third kappa shape index (κ3) is 3.56. The molecule has 2 rings (SSSR count). The minimum atomic E-state index is -3.85. The molecule has 0 bridgehead atoms. The molecule has 0 saturated heterocycles. The SMILES string of the molecule is Cc1cc(Br)c(F)cc1NS(=O)(=O)c1ccc(N)cc1Br. The van der Waals surface area contributed by atoms with E-state index in [0.717, 1.165) is 6.07 Å². The van der Waals surface area contributed by atoms with Gasteiger partial charge in [0.05, 0.1) is 10.2 Å². The maximum Gasteiger partial charge on any atom is 0.263 e. The second kappa shape index (κ2) is 5.94. The molecule has 0 atom stereocenters. The van der Waals surface area contributed by atoms with Gasteiger partial charge < -0.3 is 5.73 Å². The van der Waals surface area contributed by atoms with Crippen molar-refractivity contribution in [2.75, 3.05) is 10.5 Å². The first-order valence-corrected chi connectivity index (χ1v) is 8.81. The third-order valence-corrected chi connectivity index (χ3v) is 5.71. The molecule has 0 radical (unpaired) electrons. The van der Waals surface area contributed by atoms with Crippen LogP contribution < -0.4 is 10.5 Å². The molecule has 4 nitrogen and oxygen atoms in total. The van der Waals surface area contributed by atoms with Crippen LogP contribution >= 0.6 is 31.9 Å². The number of benzene rings is 2. The number of rotatable bonds is 3. The lowest BCUT2D eigenvalue weighted by atomic mass is 10.2. The standard InChI is InChI=1S/C13H11Br2FN2O2S/c1-7-4-9(14)11(16)6-12(7)18-21(19,20)13-3-2-8(17)5-10(13)15/h2-6,18H,17H2,1H3. The third-order valence-electron chi connectivity index (χ3n) is 2.76. The Kier molecular flexibility index (Phi) is 4.60. The van der Waals surface area contributed by atoms with Gasteiger partial charge in [-0.2, -0.15) is 0 Å². The van der Waals surface area contributed by atoms with E-state index in [2.05, 4.69) is 36.6 Å². The zero-order valence-corrected chi connectivity index (χ0v) is 14.8. The summed E-state index contributed by atoms with van der Waals surface area (Å²) in [4.78, 5) is 0.0272. The van der Waals surface area contributed by atoms with Crippen LogP contribution in [0.3, 0.4) is 0 Å². The molecule has 0 saturated carbocycles. The molecule has 0 amide bonds. The van der Waals surface area contributed by atoms with Crippen LogP contribution in [0.4, 0.5) is 15.8 Å². The summed E-state index contributed by atoms with van der Waals surface area (Å²) in [7, 11) is -3.85. The molecule has 0 aliphatic rings. The average molecular weight is 438 g/mol. The molecular formula is C13H11Br2FN2O2S. The second-order valence-corrected chi connectivity index (χ2v) is 7.74. The average Bonchev–Trinajstić information content (AvgIpc) is 2.35. The van der Waals surface area contributed by atoms with Crippen molar-refractivity contribution in [2.45, 2.75) is 11.8 Å². The van der Waals surface area contributed by atoms with E-state index in [-0.39, 0.29) is 15.1 Å². The predicted molar refractivity (Wildman–Crippen MR) is 88.2 cm³/mol. The van der Waals surface area contributed by atoms with Crippen LogP contribution in [0.2, 0.25) is 0 Å². The molecule has 0 aliphatic heterocycles. The first-order valence-electron chi connectivity index (χ1n) is 5.74. The van der Waals surface area contributed by atoms with Crippen molar-refractivity contribution in [1.82, 2.24) is 0 Å². The van der Waals surface area contributed by atoms with E-state index in [1.807, 2.05) is 0 Å². The van der Waals surface area contributed by atoms with Crippen molar-refractivity contribution in [2.24, 2.45) is 0 Å². The van der Waals surface area contributed by atoms with Crippen LogP contribution in [0.25, 0.3) is 0 Å². The largest absolute Gasteiger partial charge is 0.399 e. The van der Waals surface area contributed by atoms with Gasteiger partial charge in [-0.15, -0.1) is 0 Å². The summed E-state index contributed by atoms with van der Waals surface area (Å²) < 4.78 is 41.3. The highest BCUT2D eigenvalue weighted by Gasteiger charge is 2.19. The molecule has 0 heterocycles. The summed E-state index contributed by atoms with van der Waals surface area (Å²) in [5, 5.41) is 0. The zero-order chi connectivity index (χ0) is 15.8. The molecular weight excluding hydrogens is 427 g/mol. The fraction of sp³-hybridized carbons (Fsp3) is 0.0769. The summed E-state index contributed by atoms with van der Waals surface area (Å²) >= 11 is 6.21. The van der Waals surface area contributed by atoms with Gasteiger partial charge >= 0.3 is 0 Å². The Bertz CT molecular complexity index is 810. The first-order chi connectivity index (χ1) is 9.70. The van der Waals surface area contributed by atoms with Gasteiger partial charge in [0.2, 0.25) is 0 Å². The zero-order valence-electron chi connectivity index (χ0n) is 10.8. The number of nitrogen functional groups attached to an aromatic ring is 1. The Morgan fingerprint density at radius 3 is 2.43 bits per heavy atom. The Hall–Kier alpha value is -1.12. The van der Waals surface area contributed by atoms with Crippen molar-refractivity contribution >= 4 is 53.3 Å². The van der Waals surface area contributed by atoms with Gasteiger partial charge in [-0.3, -0.25) is 4.72 Å². The van der Waals surface area contributed by atoms with Crippen molar-refractivity contribution in [3.05, 3.63) is 50.7 Å². The van der Waals surface area contributed by atoms with Crippen LogP contribution in [0, 0.1) is 12.7 Å². The van der Waals surface area contributed by atoms with Crippen molar-refractivity contribution in [1.29, 1.82) is 0 Å². The smallest absolute Gasteiger partial charge is 0.263 e. The Morgan fingerprint density at radius 1 is 1.14 bits per heavy atom. The Balaban J connectivity index is 2.45. The van der Waals surface area contributed by atoms with Gasteiger partial charge in [-0.1, -0.05) is 0 Å². The molecule has 2 aromatic rings. The normalized spacial score (nSPS) is 11.4. The maximum absolute atomic E-state index is 13.6. The van der Waals surface area contributed by atoms with Crippen molar-refractivity contribution in [3.8, 4) is 0 Å². The lowest BCUT2D eigenvalue weighted by Gasteiger charge is -2.12. The van der Waals surface area contributed by atoms with E-state index in [4.69, 9.17) is 5.73 Å². The number of hydrogen-bond donors (Lipinski definition) is 2. The molecule has 0 unspecified atom stereocenters. The number of aryl methyl sites for hydroxylation is 1. The Labute approximate surface area is 138 Å². The lowest BCUT2D eigenvalue weighted by molar-refractivity contribution is 0.600. The highest BCUT2D eigenvalue weighted by atomic mass is 79.9. The molecule has 0 spiro atoms. The molecule has 2 aromatic carbocycles. The minimum Gasteiger partial charge on any atom is -0.399 e. The van der Waals surface area contributed by atoms with Crippen LogP contribution in [0.1, 0.15) is 5.56 Å². The van der Waals surface area contributed by atoms with Gasteiger partial charge in [0, 0.05) is 10.2 Å². The van der Waals surface area contributed by atoms with Crippen LogP contribution in [0.5, 0.6) is 0 Å². The van der Waals surface area contributed by atoms with E-state index < -0.39 is 15.8 Å². The molecule has 21 heavy (non-hydrogen) atoms. The summed E-state index contributed by atoms with van der Waals surface area (Å²) in [6, 6.07) is 6.98. The van der Waals surface area contributed by atoms with Gasteiger partial charge in [-0.25, -0.2) is 12.8 Å². The minimum absolute atomic E-state index is 0.0272. The maximum atomic E-state index is 13.6. The molecule has 3 N–H and O–H groups in total. The van der Waals surface area contributed by atoms with Gasteiger partial charge in [0.1, 0.15) is 10.7 Å². The predicted octanol–water partition coefficient (Wildman–Crippen LogP) is 4.04. The van der Waals surface area contributed by atoms with E-state index in [1.165, 1.54) is 24.3 Å². The monoisotopic (exact) mass is 436 g/mol. The first kappa shape index (κ1) is 16.3. The summed E-state index contributed by atoms with van der Waals surface area (Å²) in [5.74, 6) is -0.547. The second-order valence-electron chi connectivity index (χ2n) is 4.38. The highest BCUT2D eigenvalue weighted by molar-refractivity contribution is 9.10. The Morgan fingerprint density at radius 2 is 1.81 bits per heavy atom. The van der Waals surface area contributed by atoms with E-state index >= 15 is 0 Å². The van der Waals surface area contributed by atoms with Crippen molar-refractivity contribution < 1.29 is 12.8 Å². The number of halogens is 3. The van der Waals surface area contributed by atoms with E-state index in [1.54, 1.807) is 6.92 Å². The highest BCUT2D eigenvalue weighted by Crippen LogP contribution is 2.29. The quantitative estimate of drug-likeness (QED) is 0.711. The fourth-order valence-electron chi connectivity index (χ4n) is 1.69. The molecule has 0 fully saturated rings. The van der Waals surface area contributed by atoms with Gasteiger partial charge in [-0.05, 0) is 74.7 Å². The van der Waals surface area contributed by atoms with E-state index in [0.29, 0.717) is 15.7 Å². The molecule has 0 aromatic heterocycles. The summed E-state index contributed by atoms with van der Waals surface area (Å²) in [5.41, 5.74) is 6.80. The lowest BCUT2D eigenvalue weighted by Crippen LogP contribution is -2.14. The summed E-state index contributed by atoms with van der Waals surface area (Å²) in [6.07, 6.45) is 0. The van der Waals surface area contributed by atoms with Gasteiger partial charge in [0.15, 0.2) is 0 Å². The number of hydrogen-bond acceptors (Lipinski definition) is 3. The van der Waals surface area contributed by atoms with E-state index in [9.17, 15) is 12.8 Å². The fourth-order valence-corrected chi connectivity index (χ4v) is 4.37. The molecule has 112 valence electrons. The number of sulfonamides is 1. The molecule has 8 heteroatoms. The summed E-state index contributed by atoms with van der Waals surface area (Å²) in [6.45, 7) is 1.68. The van der Waals surface area contributed by atoms with Crippen LogP contribution in [0.15, 0.2) is 44.2 Å².